The van der Waals surface area contributed by atoms with Gasteiger partial charge in [-0.15, -0.1) is 11.3 Å². The molecule has 2 aliphatic heterocycles. The third kappa shape index (κ3) is 5.15. The van der Waals surface area contributed by atoms with Gasteiger partial charge in [0.05, 0.1) is 18.7 Å². The van der Waals surface area contributed by atoms with Gasteiger partial charge in [-0.25, -0.2) is 9.89 Å². The van der Waals surface area contributed by atoms with Crippen molar-refractivity contribution in [3.8, 4) is 0 Å². The first-order valence-electron chi connectivity index (χ1n) is 11.9. The largest absolute Gasteiger partial charge is 0.351 e. The fourth-order valence-electron chi connectivity index (χ4n) is 4.13. The number of benzene rings is 2. The first-order chi connectivity index (χ1) is 17.3. The number of nitrogens with one attached hydrogen (secondary N) is 1. The number of aliphatic imine (C=N–C) groups is 2. The minimum atomic E-state index is -0.758. The zero-order chi connectivity index (χ0) is 25.3. The van der Waals surface area contributed by atoms with Gasteiger partial charge in [0, 0.05) is 16.2 Å². The van der Waals surface area contributed by atoms with Crippen LogP contribution in [0.25, 0.3) is 0 Å². The minimum absolute atomic E-state index is 0.0125. The molecule has 8 heteroatoms. The van der Waals surface area contributed by atoms with Gasteiger partial charge in [-0.2, -0.15) is 0 Å². The Bertz CT molecular complexity index is 1340. The third-order valence-electron chi connectivity index (χ3n) is 6.15. The topological polar surface area (TPSA) is 74.1 Å². The van der Waals surface area contributed by atoms with Crippen molar-refractivity contribution in [3.63, 3.8) is 0 Å². The molecule has 3 heterocycles. The van der Waals surface area contributed by atoms with Crippen molar-refractivity contribution < 1.29 is 9.59 Å². The molecule has 5 rings (SSSR count). The van der Waals surface area contributed by atoms with E-state index in [1.54, 1.807) is 16.2 Å². The van der Waals surface area contributed by atoms with Gasteiger partial charge in [0.2, 0.25) is 5.91 Å². The summed E-state index contributed by atoms with van der Waals surface area (Å²) in [5.74, 6) is 0.853. The fourth-order valence-corrected chi connectivity index (χ4v) is 5.73. The molecule has 2 amide bonds. The molecule has 1 N–H and O–H groups in total. The van der Waals surface area contributed by atoms with Crippen molar-refractivity contribution in [1.29, 1.82) is 0 Å². The predicted molar refractivity (Wildman–Crippen MR) is 148 cm³/mol. The quantitative estimate of drug-likeness (QED) is 0.461. The van der Waals surface area contributed by atoms with Crippen LogP contribution in [-0.2, 0) is 27.3 Å². The van der Waals surface area contributed by atoms with Gasteiger partial charge in [-0.3, -0.25) is 14.6 Å². The van der Waals surface area contributed by atoms with Crippen molar-refractivity contribution >= 4 is 51.6 Å². The lowest BCUT2D eigenvalue weighted by Gasteiger charge is -2.25. The number of hydrogen-bond donors (Lipinski definition) is 1. The summed E-state index contributed by atoms with van der Waals surface area (Å²) < 4.78 is 0. The summed E-state index contributed by atoms with van der Waals surface area (Å²) in [4.78, 5) is 38.2. The van der Waals surface area contributed by atoms with Crippen LogP contribution >= 0.6 is 23.1 Å². The molecule has 3 aromatic rings. The zero-order valence-corrected chi connectivity index (χ0v) is 22.2. The zero-order valence-electron chi connectivity index (χ0n) is 20.5. The van der Waals surface area contributed by atoms with Crippen molar-refractivity contribution in [2.24, 2.45) is 9.98 Å². The van der Waals surface area contributed by atoms with Crippen LogP contribution in [0.1, 0.15) is 48.8 Å². The highest BCUT2D eigenvalue weighted by molar-refractivity contribution is 8.13. The van der Waals surface area contributed by atoms with Gasteiger partial charge >= 0.3 is 0 Å². The number of thioether (sulfide) groups is 1. The van der Waals surface area contributed by atoms with Crippen LogP contribution < -0.4 is 5.32 Å². The minimum Gasteiger partial charge on any atom is -0.351 e. The SMILES string of the molecule is CC(C)(C)c1ccc(CSC2=Nc3ccccc3C3=N[C@@H](CC(=O)NCc4cccs4)C(=O)N23)cc1. The molecule has 0 bridgehead atoms. The number of hydrogen-bond acceptors (Lipinski definition) is 6. The molecule has 36 heavy (non-hydrogen) atoms. The van der Waals surface area contributed by atoms with Crippen LogP contribution in [-0.4, -0.2) is 33.8 Å². The van der Waals surface area contributed by atoms with Gasteiger partial charge in [-0.05, 0) is 40.1 Å². The van der Waals surface area contributed by atoms with E-state index in [1.807, 2.05) is 41.8 Å². The number of thiophene rings is 1. The lowest BCUT2D eigenvalue weighted by Crippen LogP contribution is -2.42. The molecule has 0 aliphatic carbocycles. The Morgan fingerprint density at radius 2 is 1.86 bits per heavy atom. The molecular formula is C28H28N4O2S2. The highest BCUT2D eigenvalue weighted by Crippen LogP contribution is 2.35. The van der Waals surface area contributed by atoms with Crippen LogP contribution in [0.2, 0.25) is 0 Å². The molecular weight excluding hydrogens is 488 g/mol. The standard InChI is InChI=1S/C28H28N4O2S2/c1-28(2,3)19-12-10-18(11-13-19)17-36-27-31-22-9-5-4-8-21(22)25-30-23(26(34)32(25)27)15-24(33)29-16-20-7-6-14-35-20/h4-14,23H,15-17H2,1-3H3,(H,29,33)/t23-/m0/s1. The average molecular weight is 517 g/mol. The van der Waals surface area contributed by atoms with Gasteiger partial charge in [-0.1, -0.05) is 75.0 Å². The van der Waals surface area contributed by atoms with Gasteiger partial charge in [0.25, 0.3) is 5.91 Å². The van der Waals surface area contributed by atoms with Crippen molar-refractivity contribution in [3.05, 3.63) is 87.6 Å². The Balaban J connectivity index is 1.32. The van der Waals surface area contributed by atoms with E-state index in [4.69, 9.17) is 9.98 Å². The Hall–Kier alpha value is -3.23. The molecule has 2 aromatic carbocycles. The molecule has 0 fully saturated rings. The first kappa shape index (κ1) is 24.5. The van der Waals surface area contributed by atoms with Crippen LogP contribution in [0, 0.1) is 0 Å². The number of para-hydroxylation sites is 1. The summed E-state index contributed by atoms with van der Waals surface area (Å²) >= 11 is 3.10. The average Bonchev–Trinajstić information content (AvgIpc) is 3.49. The number of fused-ring (bicyclic) bond motifs is 3. The summed E-state index contributed by atoms with van der Waals surface area (Å²) in [6.07, 6.45) is 0.0125. The Morgan fingerprint density at radius 3 is 2.58 bits per heavy atom. The normalized spacial score (nSPS) is 16.8. The highest BCUT2D eigenvalue weighted by atomic mass is 32.2. The maximum atomic E-state index is 13.4. The van der Waals surface area contributed by atoms with E-state index in [0.717, 1.165) is 21.7 Å². The number of nitrogens with zero attached hydrogens (tertiary/aromatic N) is 3. The van der Waals surface area contributed by atoms with Crippen LogP contribution in [0.5, 0.6) is 0 Å². The molecule has 6 nitrogen and oxygen atoms in total. The molecule has 184 valence electrons. The predicted octanol–water partition coefficient (Wildman–Crippen LogP) is 5.64. The number of amides is 2. The monoisotopic (exact) mass is 516 g/mol. The maximum Gasteiger partial charge on any atom is 0.259 e. The molecule has 0 saturated carbocycles. The highest BCUT2D eigenvalue weighted by Gasteiger charge is 2.42. The van der Waals surface area contributed by atoms with Crippen LogP contribution in [0.4, 0.5) is 5.69 Å². The van der Waals surface area contributed by atoms with E-state index in [0.29, 0.717) is 23.3 Å². The van der Waals surface area contributed by atoms with E-state index >= 15 is 0 Å². The second-order valence-electron chi connectivity index (χ2n) is 9.85. The Kier molecular flexibility index (Phi) is 6.81. The summed E-state index contributed by atoms with van der Waals surface area (Å²) in [5.41, 5.74) is 4.13. The number of amidine groups is 2. The Morgan fingerprint density at radius 1 is 1.08 bits per heavy atom. The van der Waals surface area contributed by atoms with E-state index in [2.05, 4.69) is 50.4 Å². The van der Waals surface area contributed by atoms with Crippen LogP contribution in [0.3, 0.4) is 0 Å². The van der Waals surface area contributed by atoms with Crippen molar-refractivity contribution in [1.82, 2.24) is 10.2 Å². The third-order valence-corrected chi connectivity index (χ3v) is 8.04. The Labute approximate surface area is 219 Å². The molecule has 0 saturated heterocycles. The van der Waals surface area contributed by atoms with Crippen molar-refractivity contribution in [2.45, 2.75) is 50.9 Å². The van der Waals surface area contributed by atoms with E-state index in [9.17, 15) is 9.59 Å². The van der Waals surface area contributed by atoms with E-state index in [-0.39, 0.29) is 23.7 Å². The first-order valence-corrected chi connectivity index (χ1v) is 13.8. The maximum absolute atomic E-state index is 13.4. The molecule has 2 aliphatic rings. The van der Waals surface area contributed by atoms with Crippen LogP contribution in [0.15, 0.2) is 76.0 Å². The van der Waals surface area contributed by atoms with E-state index in [1.165, 1.54) is 17.3 Å². The van der Waals surface area contributed by atoms with Gasteiger partial charge in [0.1, 0.15) is 11.9 Å². The van der Waals surface area contributed by atoms with Crippen molar-refractivity contribution in [2.75, 3.05) is 0 Å². The number of carbonyl (C=O) groups is 2. The number of rotatable bonds is 6. The summed E-state index contributed by atoms with van der Waals surface area (Å²) in [5, 5.41) is 5.47. The fraction of sp³-hybridized carbons (Fsp3) is 0.286. The lowest BCUT2D eigenvalue weighted by molar-refractivity contribution is -0.128. The number of carbonyl (C=O) groups excluding carboxylic acids is 2. The molecule has 1 aromatic heterocycles. The molecule has 1 atom stereocenters. The van der Waals surface area contributed by atoms with E-state index < -0.39 is 6.04 Å². The summed E-state index contributed by atoms with van der Waals surface area (Å²) in [7, 11) is 0. The second kappa shape index (κ2) is 10.0. The molecule has 0 spiro atoms. The second-order valence-corrected chi connectivity index (χ2v) is 11.8. The molecule has 0 unspecified atom stereocenters. The van der Waals surface area contributed by atoms with Gasteiger partial charge in [0.15, 0.2) is 5.17 Å². The lowest BCUT2D eigenvalue weighted by atomic mass is 9.87. The van der Waals surface area contributed by atoms with Gasteiger partial charge < -0.3 is 5.32 Å². The molecule has 0 radical (unpaired) electrons. The smallest absolute Gasteiger partial charge is 0.259 e. The summed E-state index contributed by atoms with van der Waals surface area (Å²) in [6.45, 7) is 7.05. The summed E-state index contributed by atoms with van der Waals surface area (Å²) in [6, 6.07) is 19.4.